The second-order valence-corrected chi connectivity index (χ2v) is 7.20. The molecule has 0 saturated heterocycles. The van der Waals surface area contributed by atoms with E-state index in [-0.39, 0.29) is 6.85 Å². The first-order chi connectivity index (χ1) is 14.0. The van der Waals surface area contributed by atoms with Crippen molar-refractivity contribution in [2.75, 3.05) is 4.81 Å². The van der Waals surface area contributed by atoms with Gasteiger partial charge in [0.25, 0.3) is 5.82 Å². The lowest BCUT2D eigenvalue weighted by atomic mass is 9.54. The van der Waals surface area contributed by atoms with Crippen LogP contribution in [0.4, 0.5) is 11.5 Å². The average molecular weight is 345 g/mol. The molecule has 0 fully saturated rings. The molecule has 2 nitrogen and oxygen atoms in total. The highest BCUT2D eigenvalue weighted by Crippen LogP contribution is 2.37. The third-order valence-electron chi connectivity index (χ3n) is 5.30. The van der Waals surface area contributed by atoms with Crippen LogP contribution in [0.25, 0.3) is 17.0 Å². The Kier molecular flexibility index (Phi) is 3.10. The van der Waals surface area contributed by atoms with Crippen LogP contribution in [0.15, 0.2) is 60.1 Å². The molecule has 2 aromatic carbocycles. The van der Waals surface area contributed by atoms with Crippen molar-refractivity contribution >= 4 is 35.3 Å². The van der Waals surface area contributed by atoms with Crippen molar-refractivity contribution in [1.29, 1.82) is 0 Å². The smallest absolute Gasteiger partial charge is 0.287 e. The topological polar surface area (TPSA) is 7.12 Å². The average Bonchev–Trinajstić information content (AvgIpc) is 2.67. The highest BCUT2D eigenvalue weighted by Gasteiger charge is 2.37. The molecule has 0 unspecified atom stereocenters. The Bertz CT molecular complexity index is 1160. The van der Waals surface area contributed by atoms with Crippen molar-refractivity contribution in [2.24, 2.45) is 7.05 Å². The lowest BCUT2D eigenvalue weighted by Crippen LogP contribution is -2.45. The summed E-state index contributed by atoms with van der Waals surface area (Å²) in [7, 11) is 2.00. The first kappa shape index (κ1) is 12.8. The molecular weight excluding hydrogens is 315 g/mol. The molecule has 1 aliphatic rings. The predicted molar refractivity (Wildman–Crippen MR) is 113 cm³/mol. The number of nitrogens with zero attached hydrogens (tertiary/aromatic N) is 2. The minimum absolute atomic E-state index is 0.346. The van der Waals surface area contributed by atoms with Crippen LogP contribution < -0.4 is 9.38 Å². The summed E-state index contributed by atoms with van der Waals surface area (Å²) in [6, 6.07) is 18.0. The maximum Gasteiger partial charge on any atom is 0.405 e. The molecule has 0 saturated carbocycles. The largest absolute Gasteiger partial charge is 0.405 e. The van der Waals surface area contributed by atoms with Crippen LogP contribution in [0, 0.1) is 0 Å². The molecule has 130 valence electrons. The van der Waals surface area contributed by atoms with Crippen molar-refractivity contribution in [3.8, 4) is 0 Å². The van der Waals surface area contributed by atoms with E-state index in [0.717, 1.165) is 33.5 Å². The van der Waals surface area contributed by atoms with Crippen molar-refractivity contribution in [2.45, 2.75) is 33.4 Å². The molecule has 0 bridgehead atoms. The number of rotatable bonds is 2. The molecule has 0 amide bonds. The Morgan fingerprint density at radius 3 is 2.62 bits per heavy atom. The van der Waals surface area contributed by atoms with Crippen LogP contribution >= 0.6 is 0 Å². The number of hydrogen-bond donors (Lipinski definition) is 0. The van der Waals surface area contributed by atoms with Crippen molar-refractivity contribution < 1.29 is 10.1 Å². The summed E-state index contributed by atoms with van der Waals surface area (Å²) in [4.78, 5) is 2.10. The molecule has 2 heterocycles. The number of aromatic nitrogens is 1. The van der Waals surface area contributed by atoms with Gasteiger partial charge in [0, 0.05) is 22.5 Å². The standard InChI is InChI=1S/C23H26BN2/c1-16(2)20-15-23(25(5)22-13-9-7-11-19(20)22)26-21-12-8-6-10-18(21)14-17(3)24(26)4/h6-16H,1-5H3/q+1/i3D3,16D. The lowest BCUT2D eigenvalue weighted by molar-refractivity contribution is -0.631. The van der Waals surface area contributed by atoms with Gasteiger partial charge in [-0.05, 0) is 37.3 Å². The van der Waals surface area contributed by atoms with E-state index in [2.05, 4.69) is 15.4 Å². The number of pyridine rings is 1. The van der Waals surface area contributed by atoms with Crippen molar-refractivity contribution in [3.05, 3.63) is 71.2 Å². The van der Waals surface area contributed by atoms with Crippen LogP contribution in [-0.4, -0.2) is 6.85 Å². The quantitative estimate of drug-likeness (QED) is 0.439. The van der Waals surface area contributed by atoms with Crippen LogP contribution in [0.5, 0.6) is 0 Å². The van der Waals surface area contributed by atoms with Gasteiger partial charge in [-0.25, -0.2) is 4.57 Å². The SMILES string of the molecule is [2H]C([2H])([2H])C1=Cc2ccccc2N(c2cc(C([2H])(C)C)c3ccccc3[n+]2C)B1C. The van der Waals surface area contributed by atoms with E-state index in [0.29, 0.717) is 5.47 Å². The fraction of sp³-hybridized carbons (Fsp3) is 0.261. The summed E-state index contributed by atoms with van der Waals surface area (Å²) < 4.78 is 35.1. The molecule has 1 aromatic heterocycles. The Morgan fingerprint density at radius 2 is 1.85 bits per heavy atom. The van der Waals surface area contributed by atoms with Crippen LogP contribution in [-0.2, 0) is 7.05 Å². The monoisotopic (exact) mass is 345 g/mol. The van der Waals surface area contributed by atoms with E-state index in [9.17, 15) is 0 Å². The summed E-state index contributed by atoms with van der Waals surface area (Å²) in [6.45, 7) is 3.19. The maximum atomic E-state index is 8.74. The van der Waals surface area contributed by atoms with E-state index in [1.54, 1.807) is 6.08 Å². The molecule has 26 heavy (non-hydrogen) atoms. The predicted octanol–water partition coefficient (Wildman–Crippen LogP) is 5.50. The van der Waals surface area contributed by atoms with Gasteiger partial charge in [-0.15, -0.1) is 0 Å². The summed E-state index contributed by atoms with van der Waals surface area (Å²) >= 11 is 0. The van der Waals surface area contributed by atoms with Crippen molar-refractivity contribution in [1.82, 2.24) is 0 Å². The Morgan fingerprint density at radius 1 is 1.12 bits per heavy atom. The molecule has 0 radical (unpaired) electrons. The van der Waals surface area contributed by atoms with Gasteiger partial charge in [-0.1, -0.05) is 61.8 Å². The molecule has 0 spiro atoms. The van der Waals surface area contributed by atoms with Gasteiger partial charge < -0.3 is 0 Å². The number of benzene rings is 2. The lowest BCUT2D eigenvalue weighted by Gasteiger charge is -2.29. The number of allylic oxidation sites excluding steroid dienone is 1. The van der Waals surface area contributed by atoms with Gasteiger partial charge in [0.1, 0.15) is 11.2 Å². The van der Waals surface area contributed by atoms with E-state index >= 15 is 0 Å². The fourth-order valence-corrected chi connectivity index (χ4v) is 3.85. The first-order valence-corrected chi connectivity index (χ1v) is 9.03. The minimum Gasteiger partial charge on any atom is -0.287 e. The fourth-order valence-electron chi connectivity index (χ4n) is 3.85. The Labute approximate surface area is 162 Å². The second kappa shape index (κ2) is 6.32. The summed E-state index contributed by atoms with van der Waals surface area (Å²) in [5, 5.41) is 1.04. The molecule has 0 aliphatic carbocycles. The zero-order valence-corrected chi connectivity index (χ0v) is 15.7. The summed E-state index contributed by atoms with van der Waals surface area (Å²) in [5.74, 6) is 0.0722. The Balaban J connectivity index is 2.05. The van der Waals surface area contributed by atoms with Gasteiger partial charge in [0.15, 0.2) is 0 Å². The van der Waals surface area contributed by atoms with Gasteiger partial charge in [0.2, 0.25) is 0 Å². The zero-order valence-electron chi connectivity index (χ0n) is 19.7. The van der Waals surface area contributed by atoms with E-state index < -0.39 is 12.7 Å². The van der Waals surface area contributed by atoms with Gasteiger partial charge >= 0.3 is 6.85 Å². The molecule has 4 rings (SSSR count). The second-order valence-electron chi connectivity index (χ2n) is 7.20. The summed E-state index contributed by atoms with van der Waals surface area (Å²) in [6.07, 6.45) is 1.81. The van der Waals surface area contributed by atoms with Crippen molar-refractivity contribution in [3.63, 3.8) is 0 Å². The molecule has 1 aliphatic heterocycles. The van der Waals surface area contributed by atoms with Gasteiger partial charge in [-0.2, -0.15) is 0 Å². The highest BCUT2D eigenvalue weighted by molar-refractivity contribution is 6.72. The third-order valence-corrected chi connectivity index (χ3v) is 5.30. The number of anilines is 2. The zero-order chi connectivity index (χ0) is 21.8. The molecule has 0 atom stereocenters. The summed E-state index contributed by atoms with van der Waals surface area (Å²) in [5.41, 5.74) is 4.21. The Hall–Kier alpha value is -2.55. The third kappa shape index (κ3) is 2.54. The van der Waals surface area contributed by atoms with E-state index in [4.69, 9.17) is 5.48 Å². The molecule has 3 heteroatoms. The van der Waals surface area contributed by atoms with Crippen LogP contribution in [0.1, 0.15) is 43.2 Å². The normalized spacial score (nSPS) is 17.2. The molecule has 3 aromatic rings. The molecular formula is C23H26BN2+. The number of aryl methyl sites for hydroxylation is 1. The van der Waals surface area contributed by atoms with E-state index in [1.807, 2.05) is 76.2 Å². The van der Waals surface area contributed by atoms with E-state index in [1.165, 1.54) is 0 Å². The number of hydrogen-bond acceptors (Lipinski definition) is 1. The number of fused-ring (bicyclic) bond motifs is 2. The van der Waals surface area contributed by atoms with Crippen LogP contribution in [0.2, 0.25) is 6.82 Å². The van der Waals surface area contributed by atoms with Gasteiger partial charge in [-0.3, -0.25) is 4.81 Å². The van der Waals surface area contributed by atoms with Crippen LogP contribution in [0.3, 0.4) is 0 Å². The number of para-hydroxylation sites is 2. The first-order valence-electron chi connectivity index (χ1n) is 11.0. The maximum absolute atomic E-state index is 8.74. The highest BCUT2D eigenvalue weighted by atomic mass is 15.2. The van der Waals surface area contributed by atoms with Gasteiger partial charge in [0.05, 0.1) is 7.05 Å². The molecule has 0 N–H and O–H groups in total. The minimum atomic E-state index is -2.18.